The first-order valence-electron chi connectivity index (χ1n) is 7.80. The van der Waals surface area contributed by atoms with Gasteiger partial charge in [-0.2, -0.15) is 0 Å². The van der Waals surface area contributed by atoms with Gasteiger partial charge in [0.05, 0.1) is 6.61 Å². The summed E-state index contributed by atoms with van der Waals surface area (Å²) < 4.78 is 4.83. The Bertz CT molecular complexity index is 615. The highest BCUT2D eigenvalue weighted by molar-refractivity contribution is 5.81. The van der Waals surface area contributed by atoms with Crippen LogP contribution in [0.5, 0.6) is 0 Å². The number of hydrogen-bond acceptors (Lipinski definition) is 3. The molecule has 0 heterocycles. The highest BCUT2D eigenvalue weighted by Crippen LogP contribution is 2.14. The maximum Gasteiger partial charge on any atom is 0.330 e. The molecule has 0 bridgehead atoms. The summed E-state index contributed by atoms with van der Waals surface area (Å²) in [6.07, 6.45) is 9.83. The Balaban J connectivity index is 2.29. The van der Waals surface area contributed by atoms with Crippen molar-refractivity contribution in [3.63, 3.8) is 0 Å². The SMILES string of the molecule is C=CC(=O)OCCCCC(=O)N/C=C/C=C(\C=C)c1ccccc1. The molecule has 0 aliphatic rings. The Morgan fingerprint density at radius 2 is 1.83 bits per heavy atom. The van der Waals surface area contributed by atoms with Crippen molar-refractivity contribution >= 4 is 17.4 Å². The van der Waals surface area contributed by atoms with Gasteiger partial charge in [0.25, 0.3) is 0 Å². The van der Waals surface area contributed by atoms with E-state index in [1.165, 1.54) is 0 Å². The molecular formula is C20H23NO3. The Morgan fingerprint density at radius 3 is 2.50 bits per heavy atom. The maximum absolute atomic E-state index is 11.7. The average molecular weight is 325 g/mol. The number of amides is 1. The van der Waals surface area contributed by atoms with Crippen molar-refractivity contribution in [3.05, 3.63) is 79.6 Å². The molecule has 1 aromatic carbocycles. The zero-order valence-electron chi connectivity index (χ0n) is 13.7. The van der Waals surface area contributed by atoms with Crippen molar-refractivity contribution in [3.8, 4) is 0 Å². The zero-order chi connectivity index (χ0) is 17.6. The molecule has 1 amide bonds. The van der Waals surface area contributed by atoms with Gasteiger partial charge in [-0.05, 0) is 30.1 Å². The second-order valence-electron chi connectivity index (χ2n) is 4.95. The van der Waals surface area contributed by atoms with Gasteiger partial charge in [-0.25, -0.2) is 4.79 Å². The fraction of sp³-hybridized carbons (Fsp3) is 0.200. The lowest BCUT2D eigenvalue weighted by molar-refractivity contribution is -0.137. The summed E-state index contributed by atoms with van der Waals surface area (Å²) in [4.78, 5) is 22.5. The summed E-state index contributed by atoms with van der Waals surface area (Å²) in [6.45, 7) is 7.41. The number of ether oxygens (including phenoxy) is 1. The number of unbranched alkanes of at least 4 members (excludes halogenated alkanes) is 1. The van der Waals surface area contributed by atoms with Gasteiger partial charge in [0.15, 0.2) is 0 Å². The van der Waals surface area contributed by atoms with E-state index >= 15 is 0 Å². The smallest absolute Gasteiger partial charge is 0.330 e. The molecule has 1 rings (SSSR count). The van der Waals surface area contributed by atoms with E-state index in [4.69, 9.17) is 4.74 Å². The molecule has 0 spiro atoms. The first-order valence-corrected chi connectivity index (χ1v) is 7.80. The lowest BCUT2D eigenvalue weighted by Crippen LogP contribution is -2.16. The number of esters is 1. The van der Waals surface area contributed by atoms with E-state index in [1.54, 1.807) is 18.4 Å². The van der Waals surface area contributed by atoms with Crippen LogP contribution < -0.4 is 5.32 Å². The minimum atomic E-state index is -0.439. The van der Waals surface area contributed by atoms with Gasteiger partial charge in [0.1, 0.15) is 0 Å². The molecule has 0 aliphatic carbocycles. The number of rotatable bonds is 10. The van der Waals surface area contributed by atoms with Crippen LogP contribution in [0.25, 0.3) is 5.57 Å². The van der Waals surface area contributed by atoms with Gasteiger partial charge < -0.3 is 10.1 Å². The van der Waals surface area contributed by atoms with E-state index in [0.717, 1.165) is 17.2 Å². The number of carbonyl (C=O) groups excluding carboxylic acids is 2. The van der Waals surface area contributed by atoms with E-state index in [0.29, 0.717) is 25.9 Å². The third kappa shape index (κ3) is 7.94. The Hall–Kier alpha value is -2.88. The van der Waals surface area contributed by atoms with Gasteiger partial charge in [-0.1, -0.05) is 55.6 Å². The predicted octanol–water partition coefficient (Wildman–Crippen LogP) is 3.79. The largest absolute Gasteiger partial charge is 0.463 e. The quantitative estimate of drug-likeness (QED) is 0.308. The van der Waals surface area contributed by atoms with Crippen molar-refractivity contribution in [2.45, 2.75) is 19.3 Å². The molecule has 24 heavy (non-hydrogen) atoms. The van der Waals surface area contributed by atoms with E-state index < -0.39 is 5.97 Å². The number of hydrogen-bond donors (Lipinski definition) is 1. The number of carbonyl (C=O) groups is 2. The van der Waals surface area contributed by atoms with E-state index in [-0.39, 0.29) is 5.91 Å². The molecule has 0 aliphatic heterocycles. The summed E-state index contributed by atoms with van der Waals surface area (Å²) in [5.41, 5.74) is 2.04. The van der Waals surface area contributed by atoms with Crippen molar-refractivity contribution < 1.29 is 14.3 Å². The fourth-order valence-electron chi connectivity index (χ4n) is 1.90. The summed E-state index contributed by atoms with van der Waals surface area (Å²) in [5.74, 6) is -0.514. The van der Waals surface area contributed by atoms with Crippen LogP contribution >= 0.6 is 0 Å². The minimum Gasteiger partial charge on any atom is -0.463 e. The third-order valence-corrected chi connectivity index (χ3v) is 3.15. The van der Waals surface area contributed by atoms with Gasteiger partial charge in [-0.3, -0.25) is 4.79 Å². The molecule has 0 radical (unpaired) electrons. The summed E-state index contributed by atoms with van der Waals surface area (Å²) >= 11 is 0. The zero-order valence-corrected chi connectivity index (χ0v) is 13.7. The molecule has 0 aromatic heterocycles. The molecular weight excluding hydrogens is 302 g/mol. The van der Waals surface area contributed by atoms with Crippen molar-refractivity contribution in [2.75, 3.05) is 6.61 Å². The normalized spacial score (nSPS) is 11.1. The number of nitrogens with one attached hydrogen (secondary N) is 1. The highest BCUT2D eigenvalue weighted by Gasteiger charge is 2.00. The van der Waals surface area contributed by atoms with Crippen LogP contribution in [0.3, 0.4) is 0 Å². The van der Waals surface area contributed by atoms with Crippen LogP contribution in [0.4, 0.5) is 0 Å². The van der Waals surface area contributed by atoms with E-state index in [2.05, 4.69) is 18.5 Å². The van der Waals surface area contributed by atoms with Gasteiger partial charge in [-0.15, -0.1) is 0 Å². The lowest BCUT2D eigenvalue weighted by atomic mass is 10.1. The van der Waals surface area contributed by atoms with Gasteiger partial charge in [0, 0.05) is 18.7 Å². The van der Waals surface area contributed by atoms with Gasteiger partial charge >= 0.3 is 5.97 Å². The Morgan fingerprint density at radius 1 is 1.08 bits per heavy atom. The third-order valence-electron chi connectivity index (χ3n) is 3.15. The van der Waals surface area contributed by atoms with Crippen molar-refractivity contribution in [1.29, 1.82) is 0 Å². The second kappa shape index (κ2) is 11.7. The average Bonchev–Trinajstić information content (AvgIpc) is 2.62. The van der Waals surface area contributed by atoms with Crippen LogP contribution in [0.15, 0.2) is 74.0 Å². The van der Waals surface area contributed by atoms with Crippen molar-refractivity contribution in [1.82, 2.24) is 5.32 Å². The first kappa shape index (κ1) is 19.2. The van der Waals surface area contributed by atoms with E-state index in [9.17, 15) is 9.59 Å². The molecule has 0 saturated heterocycles. The van der Waals surface area contributed by atoms with Crippen LogP contribution in [0, 0.1) is 0 Å². The molecule has 4 heteroatoms. The standard InChI is InChI=1S/C20H23NO3/c1-3-17(18-11-6-5-7-12-18)13-10-15-21-19(22)14-8-9-16-24-20(23)4-2/h3-7,10-13,15H,1-2,8-9,14,16H2,(H,21,22)/b15-10+,17-13+. The minimum absolute atomic E-state index is 0.0745. The molecule has 1 N–H and O–H groups in total. The van der Waals surface area contributed by atoms with Crippen LogP contribution in [0.1, 0.15) is 24.8 Å². The number of allylic oxidation sites excluding steroid dienone is 4. The summed E-state index contributed by atoms with van der Waals surface area (Å²) in [7, 11) is 0. The van der Waals surface area contributed by atoms with Crippen LogP contribution in [0.2, 0.25) is 0 Å². The van der Waals surface area contributed by atoms with Crippen molar-refractivity contribution in [2.24, 2.45) is 0 Å². The molecule has 0 unspecified atom stereocenters. The fourth-order valence-corrected chi connectivity index (χ4v) is 1.90. The van der Waals surface area contributed by atoms with E-state index in [1.807, 2.05) is 36.4 Å². The highest BCUT2D eigenvalue weighted by atomic mass is 16.5. The molecule has 0 fully saturated rings. The van der Waals surface area contributed by atoms with Gasteiger partial charge in [0.2, 0.25) is 5.91 Å². The van der Waals surface area contributed by atoms with Crippen LogP contribution in [-0.4, -0.2) is 18.5 Å². The summed E-state index contributed by atoms with van der Waals surface area (Å²) in [5, 5.41) is 2.70. The predicted molar refractivity (Wildman–Crippen MR) is 96.9 cm³/mol. The molecule has 126 valence electrons. The maximum atomic E-state index is 11.7. The molecule has 1 aromatic rings. The molecule has 4 nitrogen and oxygen atoms in total. The number of benzene rings is 1. The lowest BCUT2D eigenvalue weighted by Gasteiger charge is -2.02. The Labute approximate surface area is 143 Å². The first-order chi connectivity index (χ1) is 11.7. The topological polar surface area (TPSA) is 55.4 Å². The molecule has 0 atom stereocenters. The monoisotopic (exact) mass is 325 g/mol. The second-order valence-corrected chi connectivity index (χ2v) is 4.95. The van der Waals surface area contributed by atoms with Crippen LogP contribution in [-0.2, 0) is 14.3 Å². The summed E-state index contributed by atoms with van der Waals surface area (Å²) in [6, 6.07) is 9.88. The Kier molecular flexibility index (Phi) is 9.31. The molecule has 0 saturated carbocycles.